The van der Waals surface area contributed by atoms with Crippen LogP contribution in [-0.4, -0.2) is 85.9 Å². The van der Waals surface area contributed by atoms with E-state index in [-0.39, 0.29) is 39.1 Å². The lowest BCUT2D eigenvalue weighted by Gasteiger charge is -2.59. The highest BCUT2D eigenvalue weighted by atomic mass is 16.6. The maximum absolute atomic E-state index is 14.2. The second kappa shape index (κ2) is 13.7. The molecule has 0 amide bonds. The van der Waals surface area contributed by atoms with E-state index in [2.05, 4.69) is 0 Å². The van der Waals surface area contributed by atoms with Gasteiger partial charge in [0.1, 0.15) is 17.8 Å². The summed E-state index contributed by atoms with van der Waals surface area (Å²) in [6.07, 6.45) is 5.25. The van der Waals surface area contributed by atoms with Crippen molar-refractivity contribution in [3.8, 4) is 0 Å². The highest BCUT2D eigenvalue weighted by molar-refractivity contribution is 5.83. The zero-order chi connectivity index (χ0) is 34.0. The first-order valence-electron chi connectivity index (χ1n) is 17.0. The van der Waals surface area contributed by atoms with E-state index in [1.54, 1.807) is 41.7 Å². The van der Waals surface area contributed by atoms with E-state index in [0.717, 1.165) is 32.1 Å². The molecule has 0 aromatic carbocycles. The van der Waals surface area contributed by atoms with Crippen molar-refractivity contribution in [1.29, 1.82) is 0 Å². The van der Waals surface area contributed by atoms with Crippen LogP contribution in [0.3, 0.4) is 0 Å². The van der Waals surface area contributed by atoms with Gasteiger partial charge in [0.15, 0.2) is 0 Å². The van der Waals surface area contributed by atoms with Gasteiger partial charge in [-0.25, -0.2) is 0 Å². The molecule has 0 spiro atoms. The first kappa shape index (κ1) is 36.6. The summed E-state index contributed by atoms with van der Waals surface area (Å²) in [7, 11) is 1.57. The third kappa shape index (κ3) is 8.42. The molecule has 1 aliphatic heterocycles. The average Bonchev–Trinajstić information content (AvgIpc) is 2.92. The molecular weight excluding hydrogens is 596 g/mol. The van der Waals surface area contributed by atoms with Gasteiger partial charge in [-0.1, -0.05) is 6.92 Å². The van der Waals surface area contributed by atoms with Crippen molar-refractivity contribution >= 4 is 23.9 Å². The fourth-order valence-electron chi connectivity index (χ4n) is 8.92. The topological polar surface area (TPSA) is 144 Å². The minimum atomic E-state index is -1.33. The van der Waals surface area contributed by atoms with Gasteiger partial charge in [0.25, 0.3) is 0 Å². The van der Waals surface area contributed by atoms with Gasteiger partial charge in [-0.05, 0) is 97.8 Å². The zero-order valence-electron chi connectivity index (χ0n) is 29.0. The van der Waals surface area contributed by atoms with Crippen LogP contribution in [0.15, 0.2) is 0 Å². The first-order chi connectivity index (χ1) is 21.4. The summed E-state index contributed by atoms with van der Waals surface area (Å²) >= 11 is 0. The molecule has 5 fully saturated rings. The van der Waals surface area contributed by atoms with Gasteiger partial charge in [-0.2, -0.15) is 0 Å². The third-order valence-corrected chi connectivity index (χ3v) is 10.9. The number of cyclic esters (lactones) is 1. The predicted octanol–water partition coefficient (Wildman–Crippen LogP) is 4.69. The smallest absolute Gasteiger partial charge is 0.312 e. The van der Waals surface area contributed by atoms with Crippen LogP contribution in [0.1, 0.15) is 112 Å². The number of hydrogen-bond donors (Lipinski definition) is 1. The summed E-state index contributed by atoms with van der Waals surface area (Å²) < 4.78 is 33.5. The van der Waals surface area contributed by atoms with Crippen molar-refractivity contribution in [3.05, 3.63) is 0 Å². The van der Waals surface area contributed by atoms with Gasteiger partial charge < -0.3 is 33.5 Å². The van der Waals surface area contributed by atoms with Crippen LogP contribution in [0.4, 0.5) is 0 Å². The lowest BCUT2D eigenvalue weighted by Crippen LogP contribution is -2.61. The SMILES string of the molecule is CCC(C)(CC(C)(CC(C)(C)C(=O)OCCOCCOC)C(=O)OC1(C)CCOC(=O)C1)C(=O)OC12CC3CC(CC(O)(C3)C1)C2. The quantitative estimate of drug-likeness (QED) is 0.141. The third-order valence-electron chi connectivity index (χ3n) is 10.9. The van der Waals surface area contributed by atoms with Gasteiger partial charge in [0.2, 0.25) is 0 Å². The number of carbonyl (C=O) groups excluding carboxylic acids is 4. The number of esters is 4. The molecule has 0 aromatic heterocycles. The van der Waals surface area contributed by atoms with Crippen LogP contribution in [0.5, 0.6) is 0 Å². The van der Waals surface area contributed by atoms with Crippen molar-refractivity contribution in [1.82, 2.24) is 0 Å². The monoisotopic (exact) mass is 652 g/mol. The summed E-state index contributed by atoms with van der Waals surface area (Å²) in [5.74, 6) is -1.26. The second-order valence-electron chi connectivity index (χ2n) is 16.2. The van der Waals surface area contributed by atoms with Gasteiger partial charge in [0.05, 0.1) is 54.7 Å². The van der Waals surface area contributed by atoms with E-state index in [0.29, 0.717) is 44.3 Å². The van der Waals surface area contributed by atoms with Crippen LogP contribution in [-0.2, 0) is 47.6 Å². The molecule has 0 radical (unpaired) electrons. The molecule has 5 atom stereocenters. The first-order valence-corrected chi connectivity index (χ1v) is 17.0. The Morgan fingerprint density at radius 2 is 1.52 bits per heavy atom. The number of methoxy groups -OCH3 is 1. The highest BCUT2D eigenvalue weighted by Crippen LogP contribution is 2.59. The number of rotatable bonds is 16. The molecule has 1 N–H and O–H groups in total. The van der Waals surface area contributed by atoms with Crippen LogP contribution >= 0.6 is 0 Å². The predicted molar refractivity (Wildman–Crippen MR) is 166 cm³/mol. The minimum Gasteiger partial charge on any atom is -0.465 e. The van der Waals surface area contributed by atoms with Crippen LogP contribution in [0, 0.1) is 28.1 Å². The second-order valence-corrected chi connectivity index (χ2v) is 16.2. The summed E-state index contributed by atoms with van der Waals surface area (Å²) in [6.45, 7) is 11.7. The maximum Gasteiger partial charge on any atom is 0.312 e. The van der Waals surface area contributed by atoms with Gasteiger partial charge in [0, 0.05) is 20.0 Å². The van der Waals surface area contributed by atoms with E-state index in [1.165, 1.54) is 0 Å². The van der Waals surface area contributed by atoms with Crippen molar-refractivity contribution in [2.45, 2.75) is 129 Å². The molecule has 46 heavy (non-hydrogen) atoms. The molecule has 11 heteroatoms. The zero-order valence-corrected chi connectivity index (χ0v) is 29.0. The summed E-state index contributed by atoms with van der Waals surface area (Å²) in [6, 6.07) is 0. The average molecular weight is 653 g/mol. The highest BCUT2D eigenvalue weighted by Gasteiger charge is 2.60. The van der Waals surface area contributed by atoms with E-state index in [9.17, 15) is 24.3 Å². The maximum atomic E-state index is 14.2. The Hall–Kier alpha value is -2.24. The molecule has 5 aliphatic rings. The fraction of sp³-hybridized carbons (Fsp3) is 0.886. The Kier molecular flexibility index (Phi) is 10.9. The molecular formula is C35H56O11. The molecule has 4 aliphatic carbocycles. The molecule has 0 aromatic rings. The molecule has 4 saturated carbocycles. The molecule has 1 saturated heterocycles. The number of hydrogen-bond acceptors (Lipinski definition) is 11. The van der Waals surface area contributed by atoms with E-state index < -0.39 is 56.9 Å². The van der Waals surface area contributed by atoms with Crippen molar-refractivity contribution < 1.29 is 52.7 Å². The number of carbonyl (C=O) groups is 4. The molecule has 11 nitrogen and oxygen atoms in total. The van der Waals surface area contributed by atoms with Crippen molar-refractivity contribution in [2.75, 3.05) is 40.1 Å². The Labute approximate surface area is 273 Å². The van der Waals surface area contributed by atoms with Crippen molar-refractivity contribution in [2.24, 2.45) is 28.1 Å². The molecule has 4 bridgehead atoms. The van der Waals surface area contributed by atoms with E-state index in [4.69, 9.17) is 28.4 Å². The van der Waals surface area contributed by atoms with Gasteiger partial charge in [-0.3, -0.25) is 19.2 Å². The summed E-state index contributed by atoms with van der Waals surface area (Å²) in [5.41, 5.74) is -6.12. The molecule has 5 unspecified atom stereocenters. The lowest BCUT2D eigenvalue weighted by molar-refractivity contribution is -0.227. The van der Waals surface area contributed by atoms with Gasteiger partial charge in [-0.15, -0.1) is 0 Å². The molecule has 262 valence electrons. The van der Waals surface area contributed by atoms with E-state index >= 15 is 0 Å². The normalized spacial score (nSPS) is 33.0. The Balaban J connectivity index is 1.54. The standard InChI is InChI=1S/C35H56O11/c1-8-31(4,28(38)46-35-18-24-15-25(19-35)17-34(40,16-24)23-35)22-32(5,29(39)45-33(6)9-10-43-26(36)20-33)21-30(2,3)27(37)44-14-13-42-12-11-41-7/h24-25,40H,8-23H2,1-7H3. The number of aliphatic hydroxyl groups is 1. The lowest BCUT2D eigenvalue weighted by atomic mass is 9.52. The Bertz CT molecular complexity index is 1140. The summed E-state index contributed by atoms with van der Waals surface area (Å²) in [5, 5.41) is 11.3. The minimum absolute atomic E-state index is 0.0284. The Morgan fingerprint density at radius 3 is 2.11 bits per heavy atom. The van der Waals surface area contributed by atoms with E-state index in [1.807, 2.05) is 6.92 Å². The molecule has 5 rings (SSSR count). The van der Waals surface area contributed by atoms with Crippen LogP contribution in [0.2, 0.25) is 0 Å². The Morgan fingerprint density at radius 1 is 0.891 bits per heavy atom. The van der Waals surface area contributed by atoms with Crippen LogP contribution in [0.25, 0.3) is 0 Å². The summed E-state index contributed by atoms with van der Waals surface area (Å²) in [4.78, 5) is 53.9. The van der Waals surface area contributed by atoms with Gasteiger partial charge >= 0.3 is 23.9 Å². The largest absolute Gasteiger partial charge is 0.465 e. The van der Waals surface area contributed by atoms with Crippen LogP contribution < -0.4 is 0 Å². The molecule has 1 heterocycles. The number of ether oxygens (including phenoxy) is 6. The fourth-order valence-corrected chi connectivity index (χ4v) is 8.92. The van der Waals surface area contributed by atoms with Crippen molar-refractivity contribution in [3.63, 3.8) is 0 Å².